The van der Waals surface area contributed by atoms with E-state index in [1.165, 1.54) is 30.1 Å². The largest absolute Gasteiger partial charge is 0.477 e. The fraction of sp³-hybridized carbons (Fsp3) is 0.316. The van der Waals surface area contributed by atoms with Crippen molar-refractivity contribution < 1.29 is 14.7 Å². The van der Waals surface area contributed by atoms with Gasteiger partial charge in [0.15, 0.2) is 4.34 Å². The van der Waals surface area contributed by atoms with Gasteiger partial charge in [0.05, 0.1) is 16.4 Å². The molecule has 1 heterocycles. The lowest BCUT2D eigenvalue weighted by molar-refractivity contribution is -0.130. The number of carboxylic acid groups (broad SMARTS) is 1. The summed E-state index contributed by atoms with van der Waals surface area (Å²) in [7, 11) is 1.47. The minimum Gasteiger partial charge on any atom is -0.477 e. The highest BCUT2D eigenvalue weighted by molar-refractivity contribution is 8.00. The maximum absolute atomic E-state index is 12.0. The average Bonchev–Trinajstić information content (AvgIpc) is 3.04. The Morgan fingerprint density at radius 2 is 2.00 bits per heavy atom. The number of hydrogen-bond acceptors (Lipinski definition) is 6. The summed E-state index contributed by atoms with van der Waals surface area (Å²) in [5.41, 5.74) is 1.70. The minimum atomic E-state index is -1.19. The second-order valence-corrected chi connectivity index (χ2v) is 8.11. The molecule has 152 valence electrons. The molecule has 2 aromatic rings. The Hall–Kier alpha value is -2.03. The molecule has 9 heteroatoms. The second kappa shape index (κ2) is 11.1. The number of aliphatic carboxylic acids is 1. The van der Waals surface area contributed by atoms with Crippen LogP contribution in [0.15, 0.2) is 28.4 Å². The predicted octanol–water partition coefficient (Wildman–Crippen LogP) is 5.11. The molecule has 0 spiro atoms. The first-order valence-corrected chi connectivity index (χ1v) is 10.9. The van der Waals surface area contributed by atoms with E-state index in [2.05, 4.69) is 10.3 Å². The Bertz CT molecular complexity index is 881. The SMILES string of the molecule is CC.CSc1nc(/C(C(=O)O)=C(/Nc2ccc(C)cc2Cl)N(C)C=O)c(C)s1. The number of thiazole rings is 1. The number of carboxylic acids is 1. The molecule has 0 saturated heterocycles. The molecule has 0 unspecified atom stereocenters. The van der Waals surface area contributed by atoms with Gasteiger partial charge in [-0.25, -0.2) is 9.78 Å². The zero-order valence-corrected chi connectivity index (χ0v) is 19.1. The average molecular weight is 442 g/mol. The van der Waals surface area contributed by atoms with E-state index in [4.69, 9.17) is 11.6 Å². The molecule has 1 amide bonds. The standard InChI is InChI=1S/C17H18ClN3O3S2.C2H6/c1-9-5-6-12(11(18)7-9)19-15(21(3)8-22)13(16(23)24)14-10(2)26-17(20-14)25-4;1-2/h5-8,19H,1-4H3,(H,23,24);1-2H3/b15-13+;. The molecule has 0 aliphatic carbocycles. The van der Waals surface area contributed by atoms with Crippen LogP contribution < -0.4 is 5.32 Å². The first-order valence-electron chi connectivity index (χ1n) is 8.49. The quantitative estimate of drug-likeness (QED) is 0.352. The molecule has 0 aliphatic rings. The summed E-state index contributed by atoms with van der Waals surface area (Å²) in [6, 6.07) is 5.33. The molecule has 0 fully saturated rings. The third kappa shape index (κ3) is 5.73. The van der Waals surface area contributed by atoms with Crippen molar-refractivity contribution in [3.8, 4) is 0 Å². The number of rotatable bonds is 7. The van der Waals surface area contributed by atoms with Crippen molar-refractivity contribution in [3.05, 3.63) is 45.2 Å². The van der Waals surface area contributed by atoms with Crippen molar-refractivity contribution in [1.29, 1.82) is 0 Å². The maximum atomic E-state index is 12.0. The maximum Gasteiger partial charge on any atom is 0.341 e. The molecule has 28 heavy (non-hydrogen) atoms. The van der Waals surface area contributed by atoms with Crippen molar-refractivity contribution >= 4 is 58.3 Å². The summed E-state index contributed by atoms with van der Waals surface area (Å²) in [5.74, 6) is -1.09. The number of carbonyl (C=O) groups excluding carboxylic acids is 1. The van der Waals surface area contributed by atoms with Gasteiger partial charge < -0.3 is 15.3 Å². The number of halogens is 1. The van der Waals surface area contributed by atoms with Gasteiger partial charge in [-0.1, -0.05) is 43.3 Å². The van der Waals surface area contributed by atoms with E-state index in [1.807, 2.05) is 33.1 Å². The van der Waals surface area contributed by atoms with Crippen LogP contribution >= 0.6 is 34.7 Å². The van der Waals surface area contributed by atoms with E-state index in [-0.39, 0.29) is 11.4 Å². The number of carbonyl (C=O) groups is 2. The van der Waals surface area contributed by atoms with Crippen LogP contribution in [0.3, 0.4) is 0 Å². The van der Waals surface area contributed by atoms with Gasteiger partial charge in [0.1, 0.15) is 11.4 Å². The molecule has 2 N–H and O–H groups in total. The molecular weight excluding hydrogens is 418 g/mol. The van der Waals surface area contributed by atoms with E-state index in [0.717, 1.165) is 19.7 Å². The van der Waals surface area contributed by atoms with Gasteiger partial charge in [-0.05, 0) is 37.8 Å². The minimum absolute atomic E-state index is 0.0923. The van der Waals surface area contributed by atoms with Crippen LogP contribution in [0.4, 0.5) is 5.69 Å². The lowest BCUT2D eigenvalue weighted by atomic mass is 10.1. The smallest absolute Gasteiger partial charge is 0.341 e. The number of hydrogen-bond donors (Lipinski definition) is 2. The summed E-state index contributed by atoms with van der Waals surface area (Å²) in [6.07, 6.45) is 2.40. The second-order valence-electron chi connectivity index (χ2n) is 5.44. The van der Waals surface area contributed by atoms with E-state index >= 15 is 0 Å². The molecular formula is C19H24ClN3O3S2. The van der Waals surface area contributed by atoms with Crippen LogP contribution in [-0.2, 0) is 9.59 Å². The first kappa shape index (κ1) is 24.0. The van der Waals surface area contributed by atoms with Gasteiger partial charge in [-0.15, -0.1) is 11.3 Å². The van der Waals surface area contributed by atoms with Gasteiger partial charge in [0, 0.05) is 11.9 Å². The van der Waals surface area contributed by atoms with Crippen LogP contribution in [0.2, 0.25) is 5.02 Å². The molecule has 0 atom stereocenters. The summed E-state index contributed by atoms with van der Waals surface area (Å²) in [5, 5.41) is 13.2. The van der Waals surface area contributed by atoms with Crippen LogP contribution in [-0.4, -0.2) is 40.7 Å². The highest BCUT2D eigenvalue weighted by Gasteiger charge is 2.25. The number of nitrogens with zero attached hydrogens (tertiary/aromatic N) is 2. The third-order valence-corrected chi connectivity index (χ3v) is 5.80. The Kier molecular flexibility index (Phi) is 9.51. The summed E-state index contributed by atoms with van der Waals surface area (Å²) in [4.78, 5) is 29.7. The van der Waals surface area contributed by atoms with Gasteiger partial charge in [0.25, 0.3) is 0 Å². The fourth-order valence-corrected chi connectivity index (χ4v) is 4.05. The van der Waals surface area contributed by atoms with E-state index in [1.54, 1.807) is 19.1 Å². The van der Waals surface area contributed by atoms with Crippen molar-refractivity contribution in [1.82, 2.24) is 9.88 Å². The molecule has 6 nitrogen and oxygen atoms in total. The number of thioether (sulfide) groups is 1. The van der Waals surface area contributed by atoms with Crippen molar-refractivity contribution in [2.75, 3.05) is 18.6 Å². The fourth-order valence-electron chi connectivity index (χ4n) is 2.23. The monoisotopic (exact) mass is 441 g/mol. The Labute approximate surface area is 178 Å². The first-order chi connectivity index (χ1) is 13.3. The van der Waals surface area contributed by atoms with Crippen molar-refractivity contribution in [2.24, 2.45) is 0 Å². The number of aryl methyl sites for hydroxylation is 2. The predicted molar refractivity (Wildman–Crippen MR) is 118 cm³/mol. The van der Waals surface area contributed by atoms with E-state index in [0.29, 0.717) is 22.8 Å². The van der Waals surface area contributed by atoms with Gasteiger partial charge in [0.2, 0.25) is 6.41 Å². The van der Waals surface area contributed by atoms with Crippen LogP contribution in [0.25, 0.3) is 5.57 Å². The third-order valence-electron chi connectivity index (χ3n) is 3.53. The number of benzene rings is 1. The highest BCUT2D eigenvalue weighted by Crippen LogP contribution is 2.33. The Morgan fingerprint density at radius 3 is 2.46 bits per heavy atom. The number of anilines is 1. The summed E-state index contributed by atoms with van der Waals surface area (Å²) in [6.45, 7) is 7.70. The molecule has 2 rings (SSSR count). The lowest BCUT2D eigenvalue weighted by Crippen LogP contribution is -2.25. The number of amides is 1. The zero-order chi connectivity index (χ0) is 21.4. The molecule has 0 saturated carbocycles. The van der Waals surface area contributed by atoms with E-state index < -0.39 is 5.97 Å². The summed E-state index contributed by atoms with van der Waals surface area (Å²) < 4.78 is 0.748. The van der Waals surface area contributed by atoms with Gasteiger partial charge in [-0.3, -0.25) is 4.79 Å². The molecule has 0 bridgehead atoms. The molecule has 0 radical (unpaired) electrons. The number of nitrogens with one attached hydrogen (secondary N) is 1. The van der Waals surface area contributed by atoms with Crippen LogP contribution in [0.1, 0.15) is 30.0 Å². The molecule has 1 aromatic heterocycles. The van der Waals surface area contributed by atoms with E-state index in [9.17, 15) is 14.7 Å². The lowest BCUT2D eigenvalue weighted by Gasteiger charge is -2.21. The van der Waals surface area contributed by atoms with Gasteiger partial charge >= 0.3 is 5.97 Å². The summed E-state index contributed by atoms with van der Waals surface area (Å²) >= 11 is 9.09. The van der Waals surface area contributed by atoms with Crippen molar-refractivity contribution in [3.63, 3.8) is 0 Å². The van der Waals surface area contributed by atoms with Crippen LogP contribution in [0, 0.1) is 13.8 Å². The van der Waals surface area contributed by atoms with Gasteiger partial charge in [-0.2, -0.15) is 0 Å². The van der Waals surface area contributed by atoms with Crippen LogP contribution in [0.5, 0.6) is 0 Å². The normalized spacial score (nSPS) is 11.1. The Morgan fingerprint density at radius 1 is 1.36 bits per heavy atom. The Balaban J connectivity index is 0.00000190. The molecule has 0 aliphatic heterocycles. The number of aromatic nitrogens is 1. The zero-order valence-electron chi connectivity index (χ0n) is 16.7. The topological polar surface area (TPSA) is 82.5 Å². The highest BCUT2D eigenvalue weighted by atomic mass is 35.5. The molecule has 1 aromatic carbocycles. The van der Waals surface area contributed by atoms with Crippen molar-refractivity contribution in [2.45, 2.75) is 32.0 Å².